The van der Waals surface area contributed by atoms with Crippen molar-refractivity contribution in [1.82, 2.24) is 9.97 Å². The number of methoxy groups -OCH3 is 1. The Morgan fingerprint density at radius 2 is 2.11 bits per heavy atom. The summed E-state index contributed by atoms with van der Waals surface area (Å²) in [5, 5.41) is 0. The van der Waals surface area contributed by atoms with Crippen molar-refractivity contribution in [2.24, 2.45) is 5.92 Å². The lowest BCUT2D eigenvalue weighted by atomic mass is 9.96. The molecule has 3 rings (SSSR count). The van der Waals surface area contributed by atoms with Crippen LogP contribution in [0.4, 0.5) is 5.82 Å². The fraction of sp³-hybridized carbons (Fsp3) is 0.714. The van der Waals surface area contributed by atoms with Crippen LogP contribution in [0.1, 0.15) is 37.9 Å². The number of ether oxygens (including phenoxy) is 1. The normalized spacial score (nSPS) is 27.6. The molecule has 0 N–H and O–H groups in total. The van der Waals surface area contributed by atoms with Crippen molar-refractivity contribution in [1.29, 1.82) is 0 Å². The van der Waals surface area contributed by atoms with E-state index in [0.29, 0.717) is 17.9 Å². The molecule has 1 saturated heterocycles. The molecule has 0 amide bonds. The lowest BCUT2D eigenvalue weighted by molar-refractivity contribution is 0.0496. The second kappa shape index (κ2) is 5.37. The van der Waals surface area contributed by atoms with Gasteiger partial charge in [0.1, 0.15) is 16.2 Å². The molecule has 2 fully saturated rings. The van der Waals surface area contributed by atoms with Gasteiger partial charge >= 0.3 is 0 Å². The highest BCUT2D eigenvalue weighted by Crippen LogP contribution is 2.39. The lowest BCUT2D eigenvalue weighted by Gasteiger charge is -2.37. The molecule has 0 bridgehead atoms. The van der Waals surface area contributed by atoms with E-state index in [1.807, 2.05) is 6.07 Å². The molecule has 2 atom stereocenters. The van der Waals surface area contributed by atoms with Gasteiger partial charge in [-0.1, -0.05) is 6.92 Å². The van der Waals surface area contributed by atoms with E-state index in [4.69, 9.17) is 9.72 Å². The first-order valence-electron chi connectivity index (χ1n) is 6.99. The van der Waals surface area contributed by atoms with E-state index in [2.05, 4.69) is 32.7 Å². The van der Waals surface area contributed by atoms with Gasteiger partial charge in [0.15, 0.2) is 0 Å². The molecule has 0 spiro atoms. The molecule has 1 aromatic rings. The Morgan fingerprint density at radius 3 is 2.79 bits per heavy atom. The Bertz CT molecular complexity index is 464. The highest BCUT2D eigenvalue weighted by molar-refractivity contribution is 9.10. The van der Waals surface area contributed by atoms with Crippen molar-refractivity contribution in [3.8, 4) is 0 Å². The zero-order chi connectivity index (χ0) is 13.4. The second-order valence-corrected chi connectivity index (χ2v) is 6.48. The lowest BCUT2D eigenvalue weighted by Crippen LogP contribution is -2.44. The van der Waals surface area contributed by atoms with Crippen LogP contribution in [0.15, 0.2) is 10.7 Å². The summed E-state index contributed by atoms with van der Waals surface area (Å²) in [6.07, 6.45) is 3.91. The summed E-state index contributed by atoms with van der Waals surface area (Å²) in [5.41, 5.74) is 0. The van der Waals surface area contributed by atoms with Crippen LogP contribution in [-0.2, 0) is 4.74 Å². The van der Waals surface area contributed by atoms with E-state index in [1.165, 1.54) is 12.8 Å². The number of hydrogen-bond donors (Lipinski definition) is 0. The molecule has 2 aliphatic rings. The van der Waals surface area contributed by atoms with Crippen LogP contribution in [0.5, 0.6) is 0 Å². The monoisotopic (exact) mass is 325 g/mol. The maximum absolute atomic E-state index is 5.58. The van der Waals surface area contributed by atoms with Crippen LogP contribution < -0.4 is 4.90 Å². The van der Waals surface area contributed by atoms with Gasteiger partial charge in [0, 0.05) is 32.2 Å². The van der Waals surface area contributed by atoms with Crippen molar-refractivity contribution < 1.29 is 4.74 Å². The van der Waals surface area contributed by atoms with Gasteiger partial charge in [-0.15, -0.1) is 0 Å². The average molecular weight is 326 g/mol. The largest absolute Gasteiger partial charge is 0.379 e. The van der Waals surface area contributed by atoms with Gasteiger partial charge in [-0.3, -0.25) is 0 Å². The molecule has 19 heavy (non-hydrogen) atoms. The van der Waals surface area contributed by atoms with Gasteiger partial charge in [0.05, 0.1) is 6.10 Å². The van der Waals surface area contributed by atoms with Crippen molar-refractivity contribution in [3.63, 3.8) is 0 Å². The number of rotatable bonds is 3. The highest BCUT2D eigenvalue weighted by atomic mass is 79.9. The molecule has 1 aromatic heterocycles. The molecule has 0 aromatic carbocycles. The van der Waals surface area contributed by atoms with Crippen LogP contribution in [0.25, 0.3) is 0 Å². The predicted molar refractivity (Wildman–Crippen MR) is 78.5 cm³/mol. The van der Waals surface area contributed by atoms with Crippen LogP contribution in [0.3, 0.4) is 0 Å². The first kappa shape index (κ1) is 13.3. The molecule has 1 saturated carbocycles. The van der Waals surface area contributed by atoms with E-state index in [9.17, 15) is 0 Å². The number of piperidine rings is 1. The van der Waals surface area contributed by atoms with E-state index in [0.717, 1.165) is 35.8 Å². The summed E-state index contributed by atoms with van der Waals surface area (Å²) in [5.74, 6) is 3.24. The van der Waals surface area contributed by atoms with Crippen LogP contribution in [0.2, 0.25) is 0 Å². The van der Waals surface area contributed by atoms with Gasteiger partial charge in [-0.2, -0.15) is 0 Å². The molecule has 0 radical (unpaired) electrons. The minimum absolute atomic E-state index is 0.298. The van der Waals surface area contributed by atoms with Gasteiger partial charge in [0.25, 0.3) is 0 Å². The van der Waals surface area contributed by atoms with Crippen molar-refractivity contribution in [3.05, 3.63) is 16.5 Å². The van der Waals surface area contributed by atoms with E-state index < -0.39 is 0 Å². The number of anilines is 1. The van der Waals surface area contributed by atoms with Crippen molar-refractivity contribution in [2.45, 2.75) is 38.2 Å². The van der Waals surface area contributed by atoms with Gasteiger partial charge in [0.2, 0.25) is 0 Å². The third-order valence-electron chi connectivity index (χ3n) is 4.16. The molecule has 1 aliphatic heterocycles. The fourth-order valence-corrected chi connectivity index (χ4v) is 3.04. The van der Waals surface area contributed by atoms with Crippen molar-refractivity contribution >= 4 is 21.7 Å². The zero-order valence-corrected chi connectivity index (χ0v) is 13.1. The van der Waals surface area contributed by atoms with E-state index in [1.54, 1.807) is 7.11 Å². The second-order valence-electron chi connectivity index (χ2n) is 5.67. The van der Waals surface area contributed by atoms with Gasteiger partial charge in [-0.05, 0) is 41.1 Å². The summed E-state index contributed by atoms with van der Waals surface area (Å²) in [6.45, 7) is 4.23. The Morgan fingerprint density at radius 1 is 1.32 bits per heavy atom. The molecular weight excluding hydrogens is 306 g/mol. The molecular formula is C14H20BrN3O. The Hall–Kier alpha value is -0.680. The molecule has 1 aliphatic carbocycles. The van der Waals surface area contributed by atoms with Crippen LogP contribution in [-0.4, -0.2) is 36.3 Å². The average Bonchev–Trinajstić information content (AvgIpc) is 3.23. The summed E-state index contributed by atoms with van der Waals surface area (Å²) in [7, 11) is 1.80. The number of nitrogens with zero attached hydrogens (tertiary/aromatic N) is 3. The zero-order valence-electron chi connectivity index (χ0n) is 11.5. The third kappa shape index (κ3) is 2.92. The highest BCUT2D eigenvalue weighted by Gasteiger charge is 2.30. The quantitative estimate of drug-likeness (QED) is 0.801. The van der Waals surface area contributed by atoms with E-state index in [-0.39, 0.29) is 0 Å². The molecule has 5 heteroatoms. The van der Waals surface area contributed by atoms with Gasteiger partial charge in [-0.25, -0.2) is 9.97 Å². The Labute approximate surface area is 122 Å². The molecule has 2 heterocycles. The van der Waals surface area contributed by atoms with E-state index >= 15 is 0 Å². The SMILES string of the molecule is COC1CN(c2cc(Br)nc(C3CC3)n2)CCC1C. The number of aromatic nitrogens is 2. The minimum Gasteiger partial charge on any atom is -0.379 e. The van der Waals surface area contributed by atoms with Gasteiger partial charge < -0.3 is 9.64 Å². The maximum Gasteiger partial charge on any atom is 0.135 e. The smallest absolute Gasteiger partial charge is 0.135 e. The summed E-state index contributed by atoms with van der Waals surface area (Å²) >= 11 is 3.51. The van der Waals surface area contributed by atoms with Crippen LogP contribution >= 0.6 is 15.9 Å². The Balaban J connectivity index is 1.81. The first-order valence-corrected chi connectivity index (χ1v) is 7.79. The topological polar surface area (TPSA) is 38.2 Å². The predicted octanol–water partition coefficient (Wildman–Crippen LogP) is 2.98. The first-order chi connectivity index (χ1) is 9.17. The van der Waals surface area contributed by atoms with Crippen molar-refractivity contribution in [2.75, 3.05) is 25.1 Å². The number of hydrogen-bond acceptors (Lipinski definition) is 4. The third-order valence-corrected chi connectivity index (χ3v) is 4.56. The minimum atomic E-state index is 0.298. The maximum atomic E-state index is 5.58. The molecule has 4 nitrogen and oxygen atoms in total. The summed E-state index contributed by atoms with van der Waals surface area (Å²) in [6, 6.07) is 2.02. The fourth-order valence-electron chi connectivity index (χ4n) is 2.66. The molecule has 2 unspecified atom stereocenters. The Kier molecular flexibility index (Phi) is 3.76. The standard InChI is InChI=1S/C14H20BrN3O/c1-9-5-6-18(8-11(9)19-2)13-7-12(15)16-14(17-13)10-3-4-10/h7,9-11H,3-6,8H2,1-2H3. The number of halogens is 1. The summed E-state index contributed by atoms with van der Waals surface area (Å²) < 4.78 is 6.47. The summed E-state index contributed by atoms with van der Waals surface area (Å²) in [4.78, 5) is 11.6. The van der Waals surface area contributed by atoms with Crippen LogP contribution in [0, 0.1) is 5.92 Å². The molecule has 104 valence electrons.